The lowest BCUT2D eigenvalue weighted by atomic mass is 10.4. The van der Waals surface area contributed by atoms with Crippen molar-refractivity contribution in [2.75, 3.05) is 12.3 Å². The summed E-state index contributed by atoms with van der Waals surface area (Å²) >= 11 is 6.60. The zero-order chi connectivity index (χ0) is 9.14. The van der Waals surface area contributed by atoms with E-state index in [0.717, 1.165) is 4.47 Å². The Balaban J connectivity index is 3.14. The topological polar surface area (TPSA) is 48.1 Å². The molecule has 5 heteroatoms. The summed E-state index contributed by atoms with van der Waals surface area (Å²) < 4.78 is 6.82. The number of aromatic nitrogens is 1. The van der Waals surface area contributed by atoms with Crippen LogP contribution in [0.3, 0.4) is 0 Å². The second-order valence-corrected chi connectivity index (χ2v) is 3.71. The van der Waals surface area contributed by atoms with Gasteiger partial charge in [0, 0.05) is 6.20 Å². The van der Waals surface area contributed by atoms with Gasteiger partial charge in [0.2, 0.25) is 0 Å². The SMILES string of the molecule is CCOc1c(Br)cnc(N)c1Br. The van der Waals surface area contributed by atoms with Crippen LogP contribution >= 0.6 is 31.9 Å². The zero-order valence-corrected chi connectivity index (χ0v) is 9.65. The fourth-order valence-electron chi connectivity index (χ4n) is 0.739. The van der Waals surface area contributed by atoms with Crippen molar-refractivity contribution in [1.29, 1.82) is 0 Å². The van der Waals surface area contributed by atoms with Crippen molar-refractivity contribution in [3.8, 4) is 5.75 Å². The molecule has 0 spiro atoms. The third-order valence-corrected chi connectivity index (χ3v) is 2.58. The maximum absolute atomic E-state index is 5.56. The molecule has 0 fully saturated rings. The van der Waals surface area contributed by atoms with Gasteiger partial charge in [-0.05, 0) is 38.8 Å². The van der Waals surface area contributed by atoms with Gasteiger partial charge in [-0.25, -0.2) is 4.98 Å². The van der Waals surface area contributed by atoms with Crippen LogP contribution in [-0.2, 0) is 0 Å². The standard InChI is InChI=1S/C7H8Br2N2O/c1-2-12-6-4(8)3-11-7(10)5(6)9/h3H,2H2,1H3,(H2,10,11). The smallest absolute Gasteiger partial charge is 0.152 e. The predicted molar refractivity (Wildman–Crippen MR) is 55.2 cm³/mol. The summed E-state index contributed by atoms with van der Waals surface area (Å²) in [6.45, 7) is 2.51. The van der Waals surface area contributed by atoms with Gasteiger partial charge in [0.25, 0.3) is 0 Å². The number of nitrogens with zero attached hydrogens (tertiary/aromatic N) is 1. The monoisotopic (exact) mass is 294 g/mol. The molecule has 0 aliphatic carbocycles. The van der Waals surface area contributed by atoms with E-state index in [-0.39, 0.29) is 0 Å². The summed E-state index contributed by atoms with van der Waals surface area (Å²) in [5.74, 6) is 1.13. The number of hydrogen-bond donors (Lipinski definition) is 1. The van der Waals surface area contributed by atoms with Crippen molar-refractivity contribution in [2.24, 2.45) is 0 Å². The molecule has 2 N–H and O–H groups in total. The number of halogens is 2. The van der Waals surface area contributed by atoms with Gasteiger partial charge in [-0.2, -0.15) is 0 Å². The third kappa shape index (κ3) is 1.90. The molecule has 0 saturated carbocycles. The highest BCUT2D eigenvalue weighted by Crippen LogP contribution is 2.35. The van der Waals surface area contributed by atoms with E-state index in [4.69, 9.17) is 10.5 Å². The molecule has 1 aromatic heterocycles. The lowest BCUT2D eigenvalue weighted by molar-refractivity contribution is 0.336. The van der Waals surface area contributed by atoms with Gasteiger partial charge >= 0.3 is 0 Å². The Kier molecular flexibility index (Phi) is 3.34. The van der Waals surface area contributed by atoms with E-state index in [1.54, 1.807) is 6.20 Å². The lowest BCUT2D eigenvalue weighted by Crippen LogP contribution is -1.98. The molecular weight excluding hydrogens is 288 g/mol. The van der Waals surface area contributed by atoms with Crippen LogP contribution in [0.25, 0.3) is 0 Å². The number of rotatable bonds is 2. The molecule has 0 atom stereocenters. The summed E-state index contributed by atoms with van der Waals surface area (Å²) in [4.78, 5) is 3.93. The van der Waals surface area contributed by atoms with E-state index in [2.05, 4.69) is 36.8 Å². The minimum absolute atomic E-state index is 0.432. The normalized spacial score (nSPS) is 9.92. The summed E-state index contributed by atoms with van der Waals surface area (Å²) in [7, 11) is 0. The molecule has 12 heavy (non-hydrogen) atoms. The number of ether oxygens (including phenoxy) is 1. The van der Waals surface area contributed by atoms with Crippen LogP contribution < -0.4 is 10.5 Å². The Labute approximate surface area is 87.6 Å². The second kappa shape index (κ2) is 4.09. The van der Waals surface area contributed by atoms with E-state index in [1.165, 1.54) is 0 Å². The van der Waals surface area contributed by atoms with Crippen LogP contribution in [0.4, 0.5) is 5.82 Å². The van der Waals surface area contributed by atoms with Gasteiger partial charge in [-0.3, -0.25) is 0 Å². The van der Waals surface area contributed by atoms with Crippen molar-refractivity contribution < 1.29 is 4.74 Å². The van der Waals surface area contributed by atoms with Crippen molar-refractivity contribution in [3.63, 3.8) is 0 Å². The molecule has 3 nitrogen and oxygen atoms in total. The zero-order valence-electron chi connectivity index (χ0n) is 6.47. The Morgan fingerprint density at radius 1 is 1.58 bits per heavy atom. The highest BCUT2D eigenvalue weighted by atomic mass is 79.9. The molecule has 66 valence electrons. The summed E-state index contributed by atoms with van der Waals surface area (Å²) in [6.07, 6.45) is 1.62. The Morgan fingerprint density at radius 3 is 2.83 bits per heavy atom. The Morgan fingerprint density at radius 2 is 2.25 bits per heavy atom. The largest absolute Gasteiger partial charge is 0.491 e. The maximum Gasteiger partial charge on any atom is 0.152 e. The van der Waals surface area contributed by atoms with Crippen LogP contribution in [0.2, 0.25) is 0 Å². The summed E-state index contributed by atoms with van der Waals surface area (Å²) in [5.41, 5.74) is 5.56. The number of pyridine rings is 1. The average Bonchev–Trinajstić information content (AvgIpc) is 2.06. The van der Waals surface area contributed by atoms with Crippen LogP contribution in [0.1, 0.15) is 6.92 Å². The molecule has 0 aliphatic rings. The first-order valence-electron chi connectivity index (χ1n) is 3.39. The van der Waals surface area contributed by atoms with Crippen LogP contribution in [0.5, 0.6) is 5.75 Å². The quantitative estimate of drug-likeness (QED) is 0.912. The van der Waals surface area contributed by atoms with E-state index in [1.807, 2.05) is 6.92 Å². The predicted octanol–water partition coefficient (Wildman–Crippen LogP) is 2.59. The fraction of sp³-hybridized carbons (Fsp3) is 0.286. The molecular formula is C7H8Br2N2O. The molecule has 0 saturated heterocycles. The van der Waals surface area contributed by atoms with Crippen LogP contribution in [-0.4, -0.2) is 11.6 Å². The van der Waals surface area contributed by atoms with Crippen molar-refractivity contribution in [1.82, 2.24) is 4.98 Å². The Bertz CT molecular complexity index is 291. The minimum atomic E-state index is 0.432. The first kappa shape index (κ1) is 9.80. The summed E-state index contributed by atoms with van der Waals surface area (Å²) in [6, 6.07) is 0. The lowest BCUT2D eigenvalue weighted by Gasteiger charge is -2.08. The van der Waals surface area contributed by atoms with E-state index in [9.17, 15) is 0 Å². The maximum atomic E-state index is 5.56. The highest BCUT2D eigenvalue weighted by Gasteiger charge is 2.09. The minimum Gasteiger partial charge on any atom is -0.491 e. The second-order valence-electron chi connectivity index (χ2n) is 2.07. The fourth-order valence-corrected chi connectivity index (χ4v) is 1.85. The molecule has 0 amide bonds. The molecule has 1 rings (SSSR count). The third-order valence-electron chi connectivity index (χ3n) is 1.25. The Hall–Kier alpha value is -0.290. The van der Waals surface area contributed by atoms with E-state index >= 15 is 0 Å². The van der Waals surface area contributed by atoms with Gasteiger partial charge in [-0.15, -0.1) is 0 Å². The summed E-state index contributed by atoms with van der Waals surface area (Å²) in [5, 5.41) is 0. The van der Waals surface area contributed by atoms with Crippen LogP contribution in [0, 0.1) is 0 Å². The van der Waals surface area contributed by atoms with Gasteiger partial charge in [0.15, 0.2) is 5.75 Å². The highest BCUT2D eigenvalue weighted by molar-refractivity contribution is 9.11. The molecule has 0 unspecified atom stereocenters. The molecule has 0 radical (unpaired) electrons. The molecule has 0 bridgehead atoms. The van der Waals surface area contributed by atoms with Gasteiger partial charge in [0.1, 0.15) is 10.3 Å². The van der Waals surface area contributed by atoms with E-state index < -0.39 is 0 Å². The average molecular weight is 296 g/mol. The van der Waals surface area contributed by atoms with Gasteiger partial charge < -0.3 is 10.5 Å². The van der Waals surface area contributed by atoms with Gasteiger partial charge in [0.05, 0.1) is 11.1 Å². The molecule has 0 aromatic carbocycles. The van der Waals surface area contributed by atoms with E-state index in [0.29, 0.717) is 22.6 Å². The molecule has 0 aliphatic heterocycles. The van der Waals surface area contributed by atoms with Crippen LogP contribution in [0.15, 0.2) is 15.1 Å². The van der Waals surface area contributed by atoms with Gasteiger partial charge in [-0.1, -0.05) is 0 Å². The number of nitrogens with two attached hydrogens (primary N) is 1. The first-order valence-corrected chi connectivity index (χ1v) is 4.97. The van der Waals surface area contributed by atoms with Crippen molar-refractivity contribution >= 4 is 37.7 Å². The number of anilines is 1. The van der Waals surface area contributed by atoms with Crippen molar-refractivity contribution in [3.05, 3.63) is 15.1 Å². The van der Waals surface area contributed by atoms with Crippen molar-refractivity contribution in [2.45, 2.75) is 6.92 Å². The first-order chi connectivity index (χ1) is 5.66. The molecule has 1 heterocycles. The molecule has 1 aromatic rings. The number of hydrogen-bond acceptors (Lipinski definition) is 3. The number of nitrogen functional groups attached to an aromatic ring is 1.